The van der Waals surface area contributed by atoms with Crippen LogP contribution in [0.15, 0.2) is 34.9 Å². The first-order valence-electron chi connectivity index (χ1n) is 6.65. The van der Waals surface area contributed by atoms with Gasteiger partial charge in [0, 0.05) is 25.2 Å². The van der Waals surface area contributed by atoms with Gasteiger partial charge in [0.1, 0.15) is 0 Å². The molecule has 1 rings (SSSR count). The van der Waals surface area contributed by atoms with Gasteiger partial charge in [-0.3, -0.25) is 0 Å². The Morgan fingerprint density at radius 3 is 2.53 bits per heavy atom. The molecule has 0 spiro atoms. The van der Waals surface area contributed by atoms with E-state index in [-0.39, 0.29) is 5.97 Å². The second-order valence-corrected chi connectivity index (χ2v) is 5.28. The first kappa shape index (κ1) is 15.7. The Morgan fingerprint density at radius 1 is 1.37 bits per heavy atom. The molecule has 1 aliphatic rings. The summed E-state index contributed by atoms with van der Waals surface area (Å²) in [6.07, 6.45) is 8.44. The molecule has 0 N–H and O–H groups in total. The molecule has 0 aromatic heterocycles. The molecule has 106 valence electrons. The van der Waals surface area contributed by atoms with Crippen molar-refractivity contribution < 1.29 is 14.3 Å². The minimum Gasteiger partial charge on any atom is -0.425 e. The van der Waals surface area contributed by atoms with Crippen LogP contribution in [0.1, 0.15) is 47.0 Å². The van der Waals surface area contributed by atoms with Gasteiger partial charge in [0.25, 0.3) is 0 Å². The fourth-order valence-electron chi connectivity index (χ4n) is 2.05. The number of ether oxygens (including phenoxy) is 2. The Hall–Kier alpha value is -1.35. The number of esters is 1. The van der Waals surface area contributed by atoms with E-state index in [1.807, 2.05) is 6.92 Å². The van der Waals surface area contributed by atoms with Crippen LogP contribution in [-0.4, -0.2) is 18.9 Å². The maximum absolute atomic E-state index is 11.3. The van der Waals surface area contributed by atoms with Crippen LogP contribution in [0.4, 0.5) is 0 Å². The second kappa shape index (κ2) is 6.71. The van der Waals surface area contributed by atoms with Crippen LogP contribution in [0.5, 0.6) is 0 Å². The molecule has 19 heavy (non-hydrogen) atoms. The lowest BCUT2D eigenvalue weighted by Gasteiger charge is -2.27. The molecular formula is C16H24O3. The minimum atomic E-state index is -0.894. The molecule has 1 atom stereocenters. The number of allylic oxidation sites excluding steroid dienone is 3. The standard InChI is InChI=1S/C16H24O3/c1-12(2)7-6-8-13(3)9-10-16(18-5)14(4)11-15(17)19-16/h7,9,11H,6,8,10H2,1-5H3. The van der Waals surface area contributed by atoms with Crippen molar-refractivity contribution in [1.29, 1.82) is 0 Å². The van der Waals surface area contributed by atoms with Crippen molar-refractivity contribution in [2.75, 3.05) is 7.11 Å². The number of hydrogen-bond donors (Lipinski definition) is 0. The monoisotopic (exact) mass is 264 g/mol. The van der Waals surface area contributed by atoms with E-state index < -0.39 is 5.79 Å². The lowest BCUT2D eigenvalue weighted by Crippen LogP contribution is -2.33. The lowest BCUT2D eigenvalue weighted by atomic mass is 10.0. The van der Waals surface area contributed by atoms with Gasteiger partial charge < -0.3 is 9.47 Å². The van der Waals surface area contributed by atoms with Gasteiger partial charge in [-0.05, 0) is 40.5 Å². The molecule has 0 aromatic rings. The molecule has 0 saturated heterocycles. The zero-order valence-electron chi connectivity index (χ0n) is 12.6. The molecule has 1 heterocycles. The molecule has 1 aliphatic heterocycles. The topological polar surface area (TPSA) is 35.5 Å². The van der Waals surface area contributed by atoms with Crippen molar-refractivity contribution in [1.82, 2.24) is 0 Å². The fourth-order valence-corrected chi connectivity index (χ4v) is 2.05. The average Bonchev–Trinajstić information content (AvgIpc) is 2.61. The largest absolute Gasteiger partial charge is 0.425 e. The van der Waals surface area contributed by atoms with Crippen LogP contribution in [0.2, 0.25) is 0 Å². The summed E-state index contributed by atoms with van der Waals surface area (Å²) in [5.41, 5.74) is 3.45. The Balaban J connectivity index is 2.61. The summed E-state index contributed by atoms with van der Waals surface area (Å²) in [4.78, 5) is 11.3. The summed E-state index contributed by atoms with van der Waals surface area (Å²) in [6, 6.07) is 0. The molecule has 3 heteroatoms. The molecular weight excluding hydrogens is 240 g/mol. The summed E-state index contributed by atoms with van der Waals surface area (Å²) in [5.74, 6) is -1.22. The minimum absolute atomic E-state index is 0.324. The average molecular weight is 264 g/mol. The maximum atomic E-state index is 11.3. The van der Waals surface area contributed by atoms with Gasteiger partial charge in [0.05, 0.1) is 0 Å². The van der Waals surface area contributed by atoms with Gasteiger partial charge in [-0.1, -0.05) is 23.3 Å². The molecule has 0 amide bonds. The third kappa shape index (κ3) is 4.35. The van der Waals surface area contributed by atoms with Crippen molar-refractivity contribution in [2.45, 2.75) is 52.7 Å². The van der Waals surface area contributed by atoms with Gasteiger partial charge in [-0.25, -0.2) is 4.79 Å². The quantitative estimate of drug-likeness (QED) is 0.539. The van der Waals surface area contributed by atoms with Crippen LogP contribution >= 0.6 is 0 Å². The van der Waals surface area contributed by atoms with Crippen molar-refractivity contribution in [3.8, 4) is 0 Å². The number of rotatable bonds is 6. The molecule has 0 fully saturated rings. The summed E-state index contributed by atoms with van der Waals surface area (Å²) in [7, 11) is 1.57. The van der Waals surface area contributed by atoms with Gasteiger partial charge >= 0.3 is 5.97 Å². The van der Waals surface area contributed by atoms with Crippen LogP contribution in [0.3, 0.4) is 0 Å². The third-order valence-electron chi connectivity index (χ3n) is 3.34. The third-order valence-corrected chi connectivity index (χ3v) is 3.34. The van der Waals surface area contributed by atoms with E-state index in [4.69, 9.17) is 9.47 Å². The zero-order chi connectivity index (χ0) is 14.5. The van der Waals surface area contributed by atoms with Crippen LogP contribution in [0.25, 0.3) is 0 Å². The molecule has 3 nitrogen and oxygen atoms in total. The smallest absolute Gasteiger partial charge is 0.333 e. The zero-order valence-corrected chi connectivity index (χ0v) is 12.6. The van der Waals surface area contributed by atoms with E-state index in [2.05, 4.69) is 32.9 Å². The highest BCUT2D eigenvalue weighted by Gasteiger charge is 2.40. The fraction of sp³-hybridized carbons (Fsp3) is 0.562. The number of hydrogen-bond acceptors (Lipinski definition) is 3. The number of methoxy groups -OCH3 is 1. The maximum Gasteiger partial charge on any atom is 0.333 e. The van der Waals surface area contributed by atoms with Crippen molar-refractivity contribution >= 4 is 5.97 Å². The number of cyclic esters (lactones) is 1. The molecule has 0 saturated carbocycles. The molecule has 0 radical (unpaired) electrons. The van der Waals surface area contributed by atoms with Gasteiger partial charge in [-0.15, -0.1) is 0 Å². The van der Waals surface area contributed by atoms with Gasteiger partial charge in [-0.2, -0.15) is 0 Å². The van der Waals surface area contributed by atoms with E-state index in [0.717, 1.165) is 18.4 Å². The Kier molecular flexibility index (Phi) is 5.55. The SMILES string of the molecule is COC1(CC=C(C)CCC=C(C)C)OC(=O)C=C1C. The van der Waals surface area contributed by atoms with E-state index in [1.165, 1.54) is 17.2 Å². The highest BCUT2D eigenvalue weighted by molar-refractivity contribution is 5.86. The van der Waals surface area contributed by atoms with E-state index in [9.17, 15) is 4.79 Å². The Morgan fingerprint density at radius 2 is 2.05 bits per heavy atom. The van der Waals surface area contributed by atoms with E-state index in [1.54, 1.807) is 7.11 Å². The Labute approximate surface area is 116 Å². The number of carbonyl (C=O) groups excluding carboxylic acids is 1. The van der Waals surface area contributed by atoms with Gasteiger partial charge in [0.2, 0.25) is 5.79 Å². The first-order valence-corrected chi connectivity index (χ1v) is 6.65. The predicted octanol–water partition coefficient (Wildman–Crippen LogP) is 3.92. The lowest BCUT2D eigenvalue weighted by molar-refractivity contribution is -0.190. The number of carbonyl (C=O) groups is 1. The molecule has 0 aliphatic carbocycles. The highest BCUT2D eigenvalue weighted by Crippen LogP contribution is 2.32. The van der Waals surface area contributed by atoms with Gasteiger partial charge in [0.15, 0.2) is 0 Å². The van der Waals surface area contributed by atoms with Crippen LogP contribution < -0.4 is 0 Å². The summed E-state index contributed by atoms with van der Waals surface area (Å²) in [5, 5.41) is 0. The normalized spacial score (nSPS) is 23.1. The Bertz CT molecular complexity index is 425. The first-order chi connectivity index (χ1) is 8.89. The van der Waals surface area contributed by atoms with Crippen molar-refractivity contribution in [2.24, 2.45) is 0 Å². The highest BCUT2D eigenvalue weighted by atomic mass is 16.7. The predicted molar refractivity (Wildman–Crippen MR) is 76.6 cm³/mol. The van der Waals surface area contributed by atoms with Crippen molar-refractivity contribution in [3.05, 3.63) is 34.9 Å². The molecule has 0 aromatic carbocycles. The van der Waals surface area contributed by atoms with Crippen LogP contribution in [0, 0.1) is 0 Å². The second-order valence-electron chi connectivity index (χ2n) is 5.28. The van der Waals surface area contributed by atoms with Crippen molar-refractivity contribution in [3.63, 3.8) is 0 Å². The molecule has 1 unspecified atom stereocenters. The molecule has 0 bridgehead atoms. The van der Waals surface area contributed by atoms with E-state index >= 15 is 0 Å². The van der Waals surface area contributed by atoms with Crippen LogP contribution in [-0.2, 0) is 14.3 Å². The van der Waals surface area contributed by atoms with E-state index in [0.29, 0.717) is 6.42 Å². The summed E-state index contributed by atoms with van der Waals surface area (Å²) < 4.78 is 10.7. The summed E-state index contributed by atoms with van der Waals surface area (Å²) in [6.45, 7) is 8.16. The summed E-state index contributed by atoms with van der Waals surface area (Å²) >= 11 is 0.